The average molecular weight is 423 g/mol. The molecule has 1 saturated heterocycles. The smallest absolute Gasteiger partial charge is 0.226 e. The standard InChI is InChI=1S/C26H31FN2O2/c1-18-7-6-11-20(15-18)24-14-13-22(17-29(24)26(31)19-8-2-3-9-19)25(30)28-16-21-10-4-5-12-23(21)27/h4-7,10-12,15,19,22,24H,2-3,8-9,13-14,16-17H2,1H3,(H,28,30)/t22-,24-/m0/s1. The molecule has 2 fully saturated rings. The summed E-state index contributed by atoms with van der Waals surface area (Å²) < 4.78 is 13.9. The third-order valence-corrected chi connectivity index (χ3v) is 6.78. The number of hydrogen-bond acceptors (Lipinski definition) is 2. The van der Waals surface area contributed by atoms with E-state index in [0.717, 1.165) is 44.1 Å². The van der Waals surface area contributed by atoms with E-state index in [9.17, 15) is 14.0 Å². The summed E-state index contributed by atoms with van der Waals surface area (Å²) in [6, 6.07) is 14.8. The molecule has 1 aliphatic heterocycles. The van der Waals surface area contributed by atoms with E-state index in [1.54, 1.807) is 18.2 Å². The van der Waals surface area contributed by atoms with Crippen LogP contribution in [0.1, 0.15) is 61.3 Å². The molecule has 1 N–H and O–H groups in total. The molecule has 0 spiro atoms. The van der Waals surface area contributed by atoms with E-state index >= 15 is 0 Å². The molecule has 1 aliphatic carbocycles. The molecule has 2 aromatic carbocycles. The lowest BCUT2D eigenvalue weighted by molar-refractivity contribution is -0.142. The first-order chi connectivity index (χ1) is 15.0. The van der Waals surface area contributed by atoms with Crippen molar-refractivity contribution in [1.29, 1.82) is 0 Å². The lowest BCUT2D eigenvalue weighted by Crippen LogP contribution is -2.48. The predicted molar refractivity (Wildman–Crippen MR) is 119 cm³/mol. The number of hydrogen-bond donors (Lipinski definition) is 1. The van der Waals surface area contributed by atoms with Crippen LogP contribution >= 0.6 is 0 Å². The molecular weight excluding hydrogens is 391 g/mol. The number of benzene rings is 2. The van der Waals surface area contributed by atoms with E-state index in [1.165, 1.54) is 11.6 Å². The Morgan fingerprint density at radius 1 is 1.00 bits per heavy atom. The Balaban J connectivity index is 1.48. The third kappa shape index (κ3) is 4.97. The van der Waals surface area contributed by atoms with Crippen LogP contribution in [0.5, 0.6) is 0 Å². The summed E-state index contributed by atoms with van der Waals surface area (Å²) >= 11 is 0. The van der Waals surface area contributed by atoms with Crippen molar-refractivity contribution in [2.45, 2.75) is 58.0 Å². The van der Waals surface area contributed by atoms with Crippen LogP contribution in [0.25, 0.3) is 0 Å². The number of likely N-dealkylation sites (tertiary alicyclic amines) is 1. The Kier molecular flexibility index (Phi) is 6.69. The van der Waals surface area contributed by atoms with Gasteiger partial charge in [-0.1, -0.05) is 60.9 Å². The van der Waals surface area contributed by atoms with E-state index in [1.807, 2.05) is 11.0 Å². The van der Waals surface area contributed by atoms with Gasteiger partial charge in [0.1, 0.15) is 5.82 Å². The highest BCUT2D eigenvalue weighted by molar-refractivity contribution is 5.83. The van der Waals surface area contributed by atoms with Crippen LogP contribution in [0.15, 0.2) is 48.5 Å². The molecule has 1 heterocycles. The summed E-state index contributed by atoms with van der Waals surface area (Å²) in [5.41, 5.74) is 2.80. The van der Waals surface area contributed by atoms with Crippen molar-refractivity contribution in [3.8, 4) is 0 Å². The maximum atomic E-state index is 13.9. The van der Waals surface area contributed by atoms with Gasteiger partial charge in [-0.3, -0.25) is 9.59 Å². The van der Waals surface area contributed by atoms with Crippen LogP contribution < -0.4 is 5.32 Å². The number of nitrogens with one attached hydrogen (secondary N) is 1. The lowest BCUT2D eigenvalue weighted by atomic mass is 9.86. The van der Waals surface area contributed by atoms with Gasteiger partial charge in [-0.25, -0.2) is 4.39 Å². The van der Waals surface area contributed by atoms with Crippen LogP contribution in [0.3, 0.4) is 0 Å². The zero-order valence-electron chi connectivity index (χ0n) is 18.1. The van der Waals surface area contributed by atoms with E-state index in [-0.39, 0.29) is 42.1 Å². The second kappa shape index (κ2) is 9.63. The maximum Gasteiger partial charge on any atom is 0.226 e. The van der Waals surface area contributed by atoms with Gasteiger partial charge >= 0.3 is 0 Å². The summed E-state index contributed by atoms with van der Waals surface area (Å²) in [6.45, 7) is 2.66. The highest BCUT2D eigenvalue weighted by Gasteiger charge is 2.38. The number of rotatable bonds is 5. The summed E-state index contributed by atoms with van der Waals surface area (Å²) in [4.78, 5) is 28.3. The van der Waals surface area contributed by atoms with E-state index in [4.69, 9.17) is 0 Å². The van der Waals surface area contributed by atoms with Crippen molar-refractivity contribution < 1.29 is 14.0 Å². The monoisotopic (exact) mass is 422 g/mol. The van der Waals surface area contributed by atoms with E-state index in [2.05, 4.69) is 30.4 Å². The first kappa shape index (κ1) is 21.5. The molecule has 4 rings (SSSR count). The highest BCUT2D eigenvalue weighted by Crippen LogP contribution is 2.37. The van der Waals surface area contributed by atoms with Gasteiger partial charge in [-0.2, -0.15) is 0 Å². The fraction of sp³-hybridized carbons (Fsp3) is 0.462. The molecule has 5 heteroatoms. The zero-order chi connectivity index (χ0) is 21.8. The summed E-state index contributed by atoms with van der Waals surface area (Å²) in [7, 11) is 0. The quantitative estimate of drug-likeness (QED) is 0.744. The molecular formula is C26H31FN2O2. The highest BCUT2D eigenvalue weighted by atomic mass is 19.1. The van der Waals surface area contributed by atoms with Crippen molar-refractivity contribution in [2.75, 3.05) is 6.54 Å². The van der Waals surface area contributed by atoms with Gasteiger partial charge in [0.15, 0.2) is 0 Å². The average Bonchev–Trinajstić information content (AvgIpc) is 3.32. The van der Waals surface area contributed by atoms with Crippen LogP contribution in [0.2, 0.25) is 0 Å². The Hall–Kier alpha value is -2.69. The lowest BCUT2D eigenvalue weighted by Gasteiger charge is -2.41. The molecule has 0 radical (unpaired) electrons. The molecule has 4 nitrogen and oxygen atoms in total. The van der Waals surface area contributed by atoms with Crippen LogP contribution in [0.4, 0.5) is 4.39 Å². The zero-order valence-corrected chi connectivity index (χ0v) is 18.1. The number of piperidine rings is 1. The van der Waals surface area contributed by atoms with Crippen LogP contribution in [0, 0.1) is 24.6 Å². The molecule has 164 valence electrons. The van der Waals surface area contributed by atoms with E-state index < -0.39 is 0 Å². The van der Waals surface area contributed by atoms with Crippen LogP contribution in [-0.2, 0) is 16.1 Å². The summed E-state index contributed by atoms with van der Waals surface area (Å²) in [5.74, 6) is -0.416. The van der Waals surface area contributed by atoms with Gasteiger partial charge in [-0.15, -0.1) is 0 Å². The molecule has 2 atom stereocenters. The molecule has 2 aliphatic rings. The third-order valence-electron chi connectivity index (χ3n) is 6.78. The van der Waals surface area contributed by atoms with E-state index in [0.29, 0.717) is 12.1 Å². The number of carbonyl (C=O) groups excluding carboxylic acids is 2. The maximum absolute atomic E-state index is 13.9. The Labute approximate surface area is 183 Å². The molecule has 0 aromatic heterocycles. The van der Waals surface area contributed by atoms with Crippen LogP contribution in [-0.4, -0.2) is 23.3 Å². The minimum absolute atomic E-state index is 0.0172. The SMILES string of the molecule is Cc1cccc([C@@H]2CC[C@H](C(=O)NCc3ccccc3F)CN2C(=O)C2CCCC2)c1. The van der Waals surface area contributed by atoms with Gasteiger partial charge in [0.25, 0.3) is 0 Å². The van der Waals surface area contributed by atoms with Gasteiger partial charge in [0.05, 0.1) is 12.0 Å². The normalized spacial score (nSPS) is 21.8. The Morgan fingerprint density at radius 3 is 2.52 bits per heavy atom. The minimum Gasteiger partial charge on any atom is -0.352 e. The van der Waals surface area contributed by atoms with Crippen molar-refractivity contribution >= 4 is 11.8 Å². The number of aryl methyl sites for hydroxylation is 1. The number of halogens is 1. The van der Waals surface area contributed by atoms with Crippen molar-refractivity contribution in [3.05, 3.63) is 71.0 Å². The molecule has 0 bridgehead atoms. The van der Waals surface area contributed by atoms with Gasteiger partial charge in [0, 0.05) is 24.6 Å². The first-order valence-corrected chi connectivity index (χ1v) is 11.4. The summed E-state index contributed by atoms with van der Waals surface area (Å²) in [5, 5.41) is 2.89. The predicted octanol–water partition coefficient (Wildman–Crippen LogP) is 4.92. The molecule has 2 aromatic rings. The number of amides is 2. The summed E-state index contributed by atoms with van der Waals surface area (Å²) in [6.07, 6.45) is 5.58. The van der Waals surface area contributed by atoms with Crippen molar-refractivity contribution in [3.63, 3.8) is 0 Å². The second-order valence-electron chi connectivity index (χ2n) is 8.99. The molecule has 0 unspecified atom stereocenters. The molecule has 2 amide bonds. The Morgan fingerprint density at radius 2 is 1.77 bits per heavy atom. The minimum atomic E-state index is -0.316. The van der Waals surface area contributed by atoms with Gasteiger partial charge < -0.3 is 10.2 Å². The second-order valence-corrected chi connectivity index (χ2v) is 8.99. The molecule has 31 heavy (non-hydrogen) atoms. The van der Waals surface area contributed by atoms with Crippen molar-refractivity contribution in [1.82, 2.24) is 10.2 Å². The molecule has 1 saturated carbocycles. The topological polar surface area (TPSA) is 49.4 Å². The first-order valence-electron chi connectivity index (χ1n) is 11.4. The largest absolute Gasteiger partial charge is 0.352 e. The number of carbonyl (C=O) groups is 2. The van der Waals surface area contributed by atoms with Crippen molar-refractivity contribution in [2.24, 2.45) is 11.8 Å². The van der Waals surface area contributed by atoms with Gasteiger partial charge in [0.2, 0.25) is 11.8 Å². The fourth-order valence-corrected chi connectivity index (χ4v) is 5.03. The van der Waals surface area contributed by atoms with Gasteiger partial charge in [-0.05, 0) is 44.2 Å². The number of nitrogens with zero attached hydrogens (tertiary/aromatic N) is 1. The fourth-order valence-electron chi connectivity index (χ4n) is 5.03. The Bertz CT molecular complexity index is 939.